The molecule has 1 unspecified atom stereocenters. The summed E-state index contributed by atoms with van der Waals surface area (Å²) >= 11 is 3.44. The second-order valence-electron chi connectivity index (χ2n) is 6.53. The third-order valence-electron chi connectivity index (χ3n) is 4.58. The first-order valence-corrected chi connectivity index (χ1v) is 10.6. The third kappa shape index (κ3) is 3.10. The van der Waals surface area contributed by atoms with Crippen molar-refractivity contribution in [1.82, 2.24) is 0 Å². The van der Waals surface area contributed by atoms with Gasteiger partial charge < -0.3 is 18.9 Å². The Balaban J connectivity index is 1.63. The zero-order valence-electron chi connectivity index (χ0n) is 15.0. The Morgan fingerprint density at radius 1 is 0.840 bits per heavy atom. The minimum absolute atomic E-state index is 0.166. The van der Waals surface area contributed by atoms with Crippen LogP contribution in [0.15, 0.2) is 0 Å². The normalized spacial score (nSPS) is 18.4. The zero-order valence-corrected chi connectivity index (χ0v) is 16.6. The number of rotatable bonds is 5. The van der Waals surface area contributed by atoms with Gasteiger partial charge in [-0.05, 0) is 26.7 Å². The number of aryl methyl sites for hydroxylation is 2. The summed E-state index contributed by atoms with van der Waals surface area (Å²) in [6, 6.07) is 0. The van der Waals surface area contributed by atoms with Crippen LogP contribution in [0.25, 0.3) is 9.75 Å². The Bertz CT molecular complexity index is 762. The van der Waals surface area contributed by atoms with Gasteiger partial charge in [-0.1, -0.05) is 19.8 Å². The second kappa shape index (κ2) is 7.08. The molecular weight excluding hydrogens is 356 g/mol. The molecule has 2 aliphatic rings. The van der Waals surface area contributed by atoms with E-state index in [0.717, 1.165) is 44.1 Å². The van der Waals surface area contributed by atoms with Gasteiger partial charge in [0.15, 0.2) is 23.0 Å². The molecule has 136 valence electrons. The summed E-state index contributed by atoms with van der Waals surface area (Å²) in [6.45, 7) is 8.25. The lowest BCUT2D eigenvalue weighted by Gasteiger charge is -2.26. The quantitative estimate of drug-likeness (QED) is 0.634. The maximum Gasteiger partial charge on any atom is 0.181 e. The van der Waals surface area contributed by atoms with Crippen LogP contribution in [-0.4, -0.2) is 25.9 Å². The average molecular weight is 381 g/mol. The van der Waals surface area contributed by atoms with E-state index >= 15 is 0 Å². The van der Waals surface area contributed by atoms with Crippen molar-refractivity contribution in [2.45, 2.75) is 52.6 Å². The molecule has 4 rings (SSSR count). The second-order valence-corrected chi connectivity index (χ2v) is 8.98. The molecule has 0 N–H and O–H groups in total. The first-order valence-electron chi connectivity index (χ1n) is 9.01. The molecule has 25 heavy (non-hydrogen) atoms. The van der Waals surface area contributed by atoms with E-state index in [1.54, 1.807) is 22.7 Å². The lowest BCUT2D eigenvalue weighted by Crippen LogP contribution is -2.28. The summed E-state index contributed by atoms with van der Waals surface area (Å²) in [5.41, 5.74) is 0. The molecule has 4 nitrogen and oxygen atoms in total. The van der Waals surface area contributed by atoms with Crippen LogP contribution in [-0.2, 0) is 0 Å². The number of unbranched alkanes of at least 4 members (excludes halogenated alkanes) is 2. The summed E-state index contributed by atoms with van der Waals surface area (Å²) < 4.78 is 24.2. The van der Waals surface area contributed by atoms with Crippen molar-refractivity contribution >= 4 is 22.7 Å². The van der Waals surface area contributed by atoms with Crippen LogP contribution in [0.3, 0.4) is 0 Å². The molecule has 0 saturated carbocycles. The maximum absolute atomic E-state index is 6.28. The van der Waals surface area contributed by atoms with Crippen LogP contribution in [0.4, 0.5) is 0 Å². The van der Waals surface area contributed by atoms with Crippen LogP contribution >= 0.6 is 22.7 Å². The lowest BCUT2D eigenvalue weighted by molar-refractivity contribution is 0.0840. The van der Waals surface area contributed by atoms with E-state index in [4.69, 9.17) is 18.9 Å². The summed E-state index contributed by atoms with van der Waals surface area (Å²) in [6.07, 6.45) is 4.89. The van der Waals surface area contributed by atoms with E-state index in [9.17, 15) is 0 Å². The molecule has 0 amide bonds. The molecule has 6 heteroatoms. The number of hydrogen-bond acceptors (Lipinski definition) is 6. The number of thiophene rings is 2. The molecule has 0 aromatic carbocycles. The molecule has 4 heterocycles. The standard InChI is InChI=1S/C19H24O4S2/c1-4-5-6-7-13-10-22-17-15(23-13)12(3)25-19(17)18-16-14(11(2)24-18)20-8-9-21-16/h13H,4-10H2,1-3H3. The highest BCUT2D eigenvalue weighted by Crippen LogP contribution is 2.57. The van der Waals surface area contributed by atoms with Gasteiger partial charge in [0.2, 0.25) is 0 Å². The first-order chi connectivity index (χ1) is 12.2. The Morgan fingerprint density at radius 2 is 1.48 bits per heavy atom. The van der Waals surface area contributed by atoms with Crippen molar-refractivity contribution in [1.29, 1.82) is 0 Å². The van der Waals surface area contributed by atoms with Gasteiger partial charge in [0, 0.05) is 9.75 Å². The fourth-order valence-corrected chi connectivity index (χ4v) is 5.51. The van der Waals surface area contributed by atoms with E-state index in [2.05, 4.69) is 20.8 Å². The van der Waals surface area contributed by atoms with E-state index in [-0.39, 0.29) is 6.10 Å². The first kappa shape index (κ1) is 17.0. The van der Waals surface area contributed by atoms with Crippen LogP contribution in [0.5, 0.6) is 23.0 Å². The van der Waals surface area contributed by atoms with Gasteiger partial charge in [0.25, 0.3) is 0 Å². The molecule has 0 radical (unpaired) electrons. The van der Waals surface area contributed by atoms with E-state index in [1.165, 1.54) is 24.1 Å². The third-order valence-corrected chi connectivity index (χ3v) is 6.88. The highest BCUT2D eigenvalue weighted by molar-refractivity contribution is 7.23. The maximum atomic E-state index is 6.28. The molecule has 2 aromatic rings. The van der Waals surface area contributed by atoms with Gasteiger partial charge in [-0.3, -0.25) is 0 Å². The highest BCUT2D eigenvalue weighted by atomic mass is 32.1. The van der Waals surface area contributed by atoms with Crippen LogP contribution in [0, 0.1) is 13.8 Å². The summed E-state index contributed by atoms with van der Waals surface area (Å²) in [7, 11) is 0. The average Bonchev–Trinajstić information content (AvgIpc) is 3.13. The van der Waals surface area contributed by atoms with Gasteiger partial charge in [-0.25, -0.2) is 0 Å². The molecule has 0 fully saturated rings. The summed E-state index contributed by atoms with van der Waals surface area (Å²) in [5.74, 6) is 3.56. The number of ether oxygens (including phenoxy) is 4. The minimum Gasteiger partial charge on any atom is -0.485 e. The summed E-state index contributed by atoms with van der Waals surface area (Å²) in [5, 5.41) is 0. The zero-order chi connectivity index (χ0) is 17.4. The summed E-state index contributed by atoms with van der Waals surface area (Å²) in [4.78, 5) is 4.54. The largest absolute Gasteiger partial charge is 0.485 e. The topological polar surface area (TPSA) is 36.9 Å². The fraction of sp³-hybridized carbons (Fsp3) is 0.579. The van der Waals surface area contributed by atoms with Gasteiger partial charge in [-0.2, -0.15) is 0 Å². The molecule has 1 atom stereocenters. The van der Waals surface area contributed by atoms with Crippen molar-refractivity contribution in [2.24, 2.45) is 0 Å². The number of fused-ring (bicyclic) bond motifs is 2. The van der Waals surface area contributed by atoms with Crippen molar-refractivity contribution in [3.63, 3.8) is 0 Å². The Labute approximate surface area is 156 Å². The predicted molar refractivity (Wildman–Crippen MR) is 102 cm³/mol. The Hall–Kier alpha value is -1.40. The van der Waals surface area contributed by atoms with E-state index < -0.39 is 0 Å². The van der Waals surface area contributed by atoms with Gasteiger partial charge in [-0.15, -0.1) is 22.7 Å². The van der Waals surface area contributed by atoms with Crippen LogP contribution in [0.1, 0.15) is 42.4 Å². The molecule has 0 saturated heterocycles. The predicted octanol–water partition coefficient (Wildman–Crippen LogP) is 5.58. The van der Waals surface area contributed by atoms with Crippen molar-refractivity contribution in [2.75, 3.05) is 19.8 Å². The molecule has 0 bridgehead atoms. The molecule has 2 aromatic heterocycles. The van der Waals surface area contributed by atoms with Gasteiger partial charge >= 0.3 is 0 Å². The van der Waals surface area contributed by atoms with Gasteiger partial charge in [0.1, 0.15) is 25.9 Å². The molecule has 0 spiro atoms. The van der Waals surface area contributed by atoms with E-state index in [0.29, 0.717) is 19.8 Å². The van der Waals surface area contributed by atoms with Crippen LogP contribution < -0.4 is 18.9 Å². The Kier molecular flexibility index (Phi) is 4.82. The molecule has 0 aliphatic carbocycles. The molecular formula is C19H24O4S2. The fourth-order valence-electron chi connectivity index (χ4n) is 3.31. The van der Waals surface area contributed by atoms with Crippen molar-refractivity contribution < 1.29 is 18.9 Å². The number of hydrogen-bond donors (Lipinski definition) is 0. The van der Waals surface area contributed by atoms with Crippen LogP contribution in [0.2, 0.25) is 0 Å². The lowest BCUT2D eigenvalue weighted by atomic mass is 10.1. The van der Waals surface area contributed by atoms with Crippen molar-refractivity contribution in [3.05, 3.63) is 9.75 Å². The minimum atomic E-state index is 0.166. The monoisotopic (exact) mass is 380 g/mol. The SMILES string of the molecule is CCCCCC1COc2c(-c3sc(C)c4c3OCCO4)sc(C)c2O1. The highest BCUT2D eigenvalue weighted by Gasteiger charge is 2.32. The van der Waals surface area contributed by atoms with Gasteiger partial charge in [0.05, 0.1) is 9.75 Å². The Morgan fingerprint density at radius 3 is 2.20 bits per heavy atom. The van der Waals surface area contributed by atoms with E-state index in [1.807, 2.05) is 0 Å². The van der Waals surface area contributed by atoms with Crippen molar-refractivity contribution in [3.8, 4) is 32.8 Å². The smallest absolute Gasteiger partial charge is 0.181 e. The molecule has 2 aliphatic heterocycles.